The molecule has 0 spiro atoms. The Balaban J connectivity index is 1.79. The molecular weight excluding hydrogens is 409 g/mol. The van der Waals surface area contributed by atoms with Crippen LogP contribution < -0.4 is 10.4 Å². The highest BCUT2D eigenvalue weighted by molar-refractivity contribution is 6.30. The van der Waals surface area contributed by atoms with Gasteiger partial charge in [0.25, 0.3) is 11.8 Å². The van der Waals surface area contributed by atoms with E-state index in [2.05, 4.69) is 4.98 Å². The normalized spacial score (nSPS) is 15.8. The number of fused-ring (bicyclic) bond motifs is 1. The number of amides is 2. The number of pyridine rings is 1. The van der Waals surface area contributed by atoms with E-state index < -0.39 is 5.91 Å². The van der Waals surface area contributed by atoms with Gasteiger partial charge in [0.05, 0.1) is 0 Å². The maximum atomic E-state index is 13.9. The van der Waals surface area contributed by atoms with Crippen molar-refractivity contribution < 1.29 is 19.2 Å². The average molecular weight is 431 g/mol. The van der Waals surface area contributed by atoms with Gasteiger partial charge in [-0.2, -0.15) is 0 Å². The first-order chi connectivity index (χ1) is 15.5. The maximum Gasteiger partial charge on any atom is 0.274 e. The predicted octanol–water partition coefficient (Wildman–Crippen LogP) is 4.25. The van der Waals surface area contributed by atoms with E-state index in [4.69, 9.17) is 5.21 Å². The van der Waals surface area contributed by atoms with Crippen molar-refractivity contribution in [1.29, 1.82) is 0 Å². The van der Waals surface area contributed by atoms with Crippen LogP contribution in [0.15, 0.2) is 67.0 Å². The van der Waals surface area contributed by atoms with Crippen LogP contribution in [-0.4, -0.2) is 28.0 Å². The predicted molar refractivity (Wildman–Crippen MR) is 119 cm³/mol. The van der Waals surface area contributed by atoms with Gasteiger partial charge in [-0.3, -0.25) is 19.8 Å². The van der Waals surface area contributed by atoms with Crippen LogP contribution in [0.5, 0.6) is 0 Å². The molecule has 1 atom stereocenters. The van der Waals surface area contributed by atoms with E-state index in [1.807, 2.05) is 6.92 Å². The van der Waals surface area contributed by atoms with E-state index in [-0.39, 0.29) is 17.8 Å². The Labute approximate surface area is 185 Å². The van der Waals surface area contributed by atoms with E-state index in [1.165, 1.54) is 12.1 Å². The van der Waals surface area contributed by atoms with E-state index in [0.717, 1.165) is 17.5 Å². The molecule has 7 heteroatoms. The number of halogens is 1. The summed E-state index contributed by atoms with van der Waals surface area (Å²) in [4.78, 5) is 31.4. The van der Waals surface area contributed by atoms with Gasteiger partial charge >= 0.3 is 0 Å². The highest BCUT2D eigenvalue weighted by Gasteiger charge is 2.31. The van der Waals surface area contributed by atoms with Crippen LogP contribution >= 0.6 is 0 Å². The average Bonchev–Trinajstić information content (AvgIpc) is 2.82. The fraction of sp³-hybridized carbons (Fsp3) is 0.160. The molecule has 1 aromatic heterocycles. The molecule has 1 unspecified atom stereocenters. The summed E-state index contributed by atoms with van der Waals surface area (Å²) in [6, 6.07) is 14.3. The smallest absolute Gasteiger partial charge is 0.274 e. The Morgan fingerprint density at radius 1 is 1.09 bits per heavy atom. The van der Waals surface area contributed by atoms with E-state index in [1.54, 1.807) is 71.3 Å². The molecule has 1 aliphatic heterocycles. The summed E-state index contributed by atoms with van der Waals surface area (Å²) < 4.78 is 13.6. The molecule has 3 aromatic rings. The van der Waals surface area contributed by atoms with E-state index in [0.29, 0.717) is 28.8 Å². The SMILES string of the molecule is CC1CCc2cc(C(=O)NO)ccc2N1C(=O)/C(=C\c1ccncc1)c1ccc(F)cc1. The first-order valence-electron chi connectivity index (χ1n) is 10.3. The van der Waals surface area contributed by atoms with Crippen LogP contribution in [0.4, 0.5) is 10.1 Å². The van der Waals surface area contributed by atoms with Gasteiger partial charge in [0.15, 0.2) is 0 Å². The maximum absolute atomic E-state index is 13.9. The van der Waals surface area contributed by atoms with Crippen molar-refractivity contribution >= 4 is 29.2 Å². The summed E-state index contributed by atoms with van der Waals surface area (Å²) in [5.41, 5.74) is 5.34. The van der Waals surface area contributed by atoms with Crippen LogP contribution in [0, 0.1) is 5.82 Å². The van der Waals surface area contributed by atoms with Crippen LogP contribution in [0.1, 0.15) is 40.4 Å². The molecule has 0 saturated carbocycles. The lowest BCUT2D eigenvalue weighted by atomic mass is 9.92. The van der Waals surface area contributed by atoms with Crippen molar-refractivity contribution in [2.24, 2.45) is 0 Å². The number of anilines is 1. The number of rotatable bonds is 4. The zero-order chi connectivity index (χ0) is 22.7. The number of hydrogen-bond donors (Lipinski definition) is 2. The molecule has 2 heterocycles. The number of aromatic nitrogens is 1. The van der Waals surface area contributed by atoms with Crippen molar-refractivity contribution in [1.82, 2.24) is 10.5 Å². The summed E-state index contributed by atoms with van der Waals surface area (Å²) in [6.07, 6.45) is 6.48. The van der Waals surface area contributed by atoms with Crippen molar-refractivity contribution in [2.75, 3.05) is 4.90 Å². The zero-order valence-electron chi connectivity index (χ0n) is 17.5. The van der Waals surface area contributed by atoms with Crippen molar-refractivity contribution in [3.05, 3.63) is 95.1 Å². The highest BCUT2D eigenvalue weighted by atomic mass is 19.1. The van der Waals surface area contributed by atoms with Gasteiger partial charge in [0.1, 0.15) is 5.82 Å². The van der Waals surface area contributed by atoms with Crippen LogP contribution in [0.2, 0.25) is 0 Å². The lowest BCUT2D eigenvalue weighted by molar-refractivity contribution is -0.113. The Kier molecular flexibility index (Phi) is 6.09. The largest absolute Gasteiger partial charge is 0.305 e. The molecule has 4 rings (SSSR count). The lowest BCUT2D eigenvalue weighted by Crippen LogP contribution is -2.42. The minimum Gasteiger partial charge on any atom is -0.305 e. The summed E-state index contributed by atoms with van der Waals surface area (Å²) in [6.45, 7) is 1.98. The van der Waals surface area contributed by atoms with Crippen LogP contribution in [0.25, 0.3) is 11.6 Å². The molecular formula is C25H22FN3O3. The minimum absolute atomic E-state index is 0.0752. The first-order valence-corrected chi connectivity index (χ1v) is 10.3. The molecule has 32 heavy (non-hydrogen) atoms. The zero-order valence-corrected chi connectivity index (χ0v) is 17.5. The quantitative estimate of drug-likeness (QED) is 0.368. The highest BCUT2D eigenvalue weighted by Crippen LogP contribution is 2.34. The number of nitrogens with zero attached hydrogens (tertiary/aromatic N) is 2. The second kappa shape index (κ2) is 9.11. The fourth-order valence-corrected chi connectivity index (χ4v) is 3.92. The number of carbonyl (C=O) groups excluding carboxylic acids is 2. The van der Waals surface area contributed by atoms with Gasteiger partial charge < -0.3 is 4.90 Å². The Morgan fingerprint density at radius 2 is 1.78 bits per heavy atom. The van der Waals surface area contributed by atoms with Crippen molar-refractivity contribution in [3.8, 4) is 0 Å². The van der Waals surface area contributed by atoms with Gasteiger partial charge in [-0.15, -0.1) is 0 Å². The summed E-state index contributed by atoms with van der Waals surface area (Å²) >= 11 is 0. The minimum atomic E-state index is -0.603. The molecule has 2 amide bonds. The van der Waals surface area contributed by atoms with Crippen molar-refractivity contribution in [3.63, 3.8) is 0 Å². The molecule has 0 fully saturated rings. The number of benzene rings is 2. The summed E-state index contributed by atoms with van der Waals surface area (Å²) in [5.74, 6) is -1.20. The van der Waals surface area contributed by atoms with Gasteiger partial charge in [-0.25, -0.2) is 9.87 Å². The number of hydrogen-bond acceptors (Lipinski definition) is 4. The second-order valence-corrected chi connectivity index (χ2v) is 7.69. The Hall–Kier alpha value is -3.84. The summed E-state index contributed by atoms with van der Waals surface area (Å²) in [7, 11) is 0. The molecule has 2 aromatic carbocycles. The topological polar surface area (TPSA) is 82.5 Å². The molecule has 0 aliphatic carbocycles. The first kappa shape index (κ1) is 21.4. The Bertz CT molecular complexity index is 1180. The third-order valence-electron chi connectivity index (χ3n) is 5.60. The number of nitrogens with one attached hydrogen (secondary N) is 1. The van der Waals surface area contributed by atoms with Crippen LogP contribution in [-0.2, 0) is 11.2 Å². The number of carbonyl (C=O) groups is 2. The lowest BCUT2D eigenvalue weighted by Gasteiger charge is -2.36. The van der Waals surface area contributed by atoms with Gasteiger partial charge in [-0.1, -0.05) is 12.1 Å². The fourth-order valence-electron chi connectivity index (χ4n) is 3.92. The summed E-state index contributed by atoms with van der Waals surface area (Å²) in [5, 5.41) is 8.93. The van der Waals surface area contributed by atoms with E-state index in [9.17, 15) is 14.0 Å². The van der Waals surface area contributed by atoms with E-state index >= 15 is 0 Å². The third kappa shape index (κ3) is 4.29. The third-order valence-corrected chi connectivity index (χ3v) is 5.60. The number of aryl methyl sites for hydroxylation is 1. The van der Waals surface area contributed by atoms with Gasteiger partial charge in [0.2, 0.25) is 0 Å². The van der Waals surface area contributed by atoms with Gasteiger partial charge in [0, 0.05) is 35.3 Å². The molecule has 2 N–H and O–H groups in total. The molecule has 6 nitrogen and oxygen atoms in total. The molecule has 162 valence electrons. The van der Waals surface area contributed by atoms with Crippen molar-refractivity contribution in [2.45, 2.75) is 25.8 Å². The number of hydroxylamine groups is 1. The van der Waals surface area contributed by atoms with Crippen LogP contribution in [0.3, 0.4) is 0 Å². The molecule has 1 aliphatic rings. The monoisotopic (exact) mass is 431 g/mol. The van der Waals surface area contributed by atoms with Gasteiger partial charge in [-0.05, 0) is 85.0 Å². The molecule has 0 radical (unpaired) electrons. The standard InChI is InChI=1S/C25H22FN3O3/c1-16-2-3-19-15-20(24(30)28-32)6-9-23(19)29(16)25(31)22(14-17-10-12-27-13-11-17)18-4-7-21(26)8-5-18/h4-16,32H,2-3H2,1H3,(H,28,30)/b22-14-. The Morgan fingerprint density at radius 3 is 2.47 bits per heavy atom. The molecule has 0 bridgehead atoms. The molecule has 0 saturated heterocycles. The second-order valence-electron chi connectivity index (χ2n) is 7.69.